The van der Waals surface area contributed by atoms with Crippen LogP contribution < -0.4 is 0 Å². The van der Waals surface area contributed by atoms with Gasteiger partial charge in [0, 0.05) is 12.0 Å². The van der Waals surface area contributed by atoms with Crippen molar-refractivity contribution in [1.29, 1.82) is 0 Å². The monoisotopic (exact) mass is 170 g/mol. The minimum atomic E-state index is -0.807. The molecule has 1 aliphatic rings. The first kappa shape index (κ1) is 9.26. The van der Waals surface area contributed by atoms with Crippen molar-refractivity contribution in [2.75, 3.05) is 6.61 Å². The molecule has 0 aromatic carbocycles. The summed E-state index contributed by atoms with van der Waals surface area (Å²) in [6.07, 6.45) is 4.36. The normalized spacial score (nSPS) is 22.4. The van der Waals surface area contributed by atoms with Crippen LogP contribution >= 0.6 is 0 Å². The Morgan fingerprint density at radius 1 is 1.75 bits per heavy atom. The quantitative estimate of drug-likeness (QED) is 0.503. The predicted octanol–water partition coefficient (Wildman–Crippen LogP) is 1.59. The van der Waals surface area contributed by atoms with Crippen LogP contribution in [0.4, 0.5) is 0 Å². The molecular formula is C9H14O3. The molecule has 0 aromatic heterocycles. The molecule has 0 saturated carbocycles. The summed E-state index contributed by atoms with van der Waals surface area (Å²) < 4.78 is 4.96. The van der Waals surface area contributed by atoms with E-state index in [1.807, 2.05) is 6.92 Å². The van der Waals surface area contributed by atoms with Crippen LogP contribution in [0, 0.1) is 0 Å². The van der Waals surface area contributed by atoms with Gasteiger partial charge in [-0.2, -0.15) is 0 Å². The first-order chi connectivity index (χ1) is 5.74. The summed E-state index contributed by atoms with van der Waals surface area (Å²) >= 11 is 0. The Kier molecular flexibility index (Phi) is 3.29. The van der Waals surface area contributed by atoms with Crippen LogP contribution in [0.25, 0.3) is 0 Å². The molecule has 0 amide bonds. The summed E-state index contributed by atoms with van der Waals surface area (Å²) in [5.41, 5.74) is 0.499. The number of ether oxygens (including phenoxy) is 1. The van der Waals surface area contributed by atoms with Crippen molar-refractivity contribution in [3.05, 3.63) is 11.6 Å². The maximum absolute atomic E-state index is 10.6. The Bertz CT molecular complexity index is 192. The molecular weight excluding hydrogens is 156 g/mol. The number of carboxylic acids is 1. The van der Waals surface area contributed by atoms with Crippen molar-refractivity contribution in [2.24, 2.45) is 0 Å². The Labute approximate surface area is 72.0 Å². The predicted molar refractivity (Wildman–Crippen MR) is 45.0 cm³/mol. The highest BCUT2D eigenvalue weighted by atomic mass is 16.6. The van der Waals surface area contributed by atoms with E-state index in [1.54, 1.807) is 6.08 Å². The molecule has 0 radical (unpaired) electrons. The summed E-state index contributed by atoms with van der Waals surface area (Å²) in [5, 5.41) is 8.75. The van der Waals surface area contributed by atoms with Crippen LogP contribution in [0.1, 0.15) is 26.2 Å². The molecule has 1 fully saturated rings. The zero-order valence-corrected chi connectivity index (χ0v) is 7.25. The van der Waals surface area contributed by atoms with E-state index in [1.165, 1.54) is 0 Å². The average molecular weight is 170 g/mol. The molecule has 1 unspecified atom stereocenters. The number of carbonyl (C=O) groups is 1. The Morgan fingerprint density at radius 2 is 2.42 bits per heavy atom. The highest BCUT2D eigenvalue weighted by Gasteiger charge is 2.25. The Balaban J connectivity index is 2.40. The lowest BCUT2D eigenvalue weighted by atomic mass is 10.1. The number of hydrogen-bond acceptors (Lipinski definition) is 2. The van der Waals surface area contributed by atoms with Gasteiger partial charge in [-0.05, 0) is 6.42 Å². The highest BCUT2D eigenvalue weighted by molar-refractivity contribution is 5.86. The number of allylic oxidation sites excluding steroid dienone is 1. The molecule has 1 aliphatic heterocycles. The molecule has 68 valence electrons. The topological polar surface area (TPSA) is 49.8 Å². The molecule has 0 aromatic rings. The van der Waals surface area contributed by atoms with Crippen LogP contribution in [0.15, 0.2) is 11.6 Å². The van der Waals surface area contributed by atoms with Crippen LogP contribution in [0.2, 0.25) is 0 Å². The fraction of sp³-hybridized carbons (Fsp3) is 0.667. The van der Waals surface area contributed by atoms with Crippen LogP contribution in [0.5, 0.6) is 0 Å². The lowest BCUT2D eigenvalue weighted by Crippen LogP contribution is -2.03. The van der Waals surface area contributed by atoms with Gasteiger partial charge in [-0.15, -0.1) is 0 Å². The maximum atomic E-state index is 10.6. The van der Waals surface area contributed by atoms with E-state index < -0.39 is 5.97 Å². The van der Waals surface area contributed by atoms with Gasteiger partial charge in [-0.1, -0.05) is 19.4 Å². The fourth-order valence-electron chi connectivity index (χ4n) is 1.01. The van der Waals surface area contributed by atoms with E-state index >= 15 is 0 Å². The molecule has 0 bridgehead atoms. The number of unbranched alkanes of at least 4 members (excludes halogenated alkanes) is 1. The molecule has 1 N–H and O–H groups in total. The Morgan fingerprint density at radius 3 is 2.83 bits per heavy atom. The standard InChI is InChI=1S/C9H14O3/c1-2-3-4-7(9(10)11)5-8-6-12-8/h4,8H,2-3,5-6H2,1H3,(H,10,11)/b7-4-. The van der Waals surface area contributed by atoms with Crippen molar-refractivity contribution in [1.82, 2.24) is 0 Å². The lowest BCUT2D eigenvalue weighted by Gasteiger charge is -1.97. The molecule has 1 atom stereocenters. The van der Waals surface area contributed by atoms with Gasteiger partial charge in [0.05, 0.1) is 12.7 Å². The summed E-state index contributed by atoms with van der Waals surface area (Å²) in [7, 11) is 0. The van der Waals surface area contributed by atoms with Gasteiger partial charge in [0.15, 0.2) is 0 Å². The van der Waals surface area contributed by atoms with E-state index in [0.717, 1.165) is 19.4 Å². The van der Waals surface area contributed by atoms with Gasteiger partial charge in [0.25, 0.3) is 0 Å². The molecule has 12 heavy (non-hydrogen) atoms. The van der Waals surface area contributed by atoms with Crippen LogP contribution in [-0.4, -0.2) is 23.8 Å². The minimum absolute atomic E-state index is 0.171. The summed E-state index contributed by atoms with van der Waals surface area (Å²) in [4.78, 5) is 10.6. The molecule has 1 saturated heterocycles. The first-order valence-electron chi connectivity index (χ1n) is 4.28. The third kappa shape index (κ3) is 3.05. The zero-order valence-electron chi connectivity index (χ0n) is 7.25. The van der Waals surface area contributed by atoms with E-state index in [2.05, 4.69) is 0 Å². The van der Waals surface area contributed by atoms with E-state index in [-0.39, 0.29) is 6.10 Å². The van der Waals surface area contributed by atoms with Gasteiger partial charge in [0.1, 0.15) is 0 Å². The second kappa shape index (κ2) is 4.26. The molecule has 1 heterocycles. The number of rotatable bonds is 5. The third-order valence-electron chi connectivity index (χ3n) is 1.80. The first-order valence-corrected chi connectivity index (χ1v) is 4.28. The minimum Gasteiger partial charge on any atom is -0.478 e. The summed E-state index contributed by atoms with van der Waals surface area (Å²) in [6, 6.07) is 0. The summed E-state index contributed by atoms with van der Waals surface area (Å²) in [6.45, 7) is 2.75. The lowest BCUT2D eigenvalue weighted by molar-refractivity contribution is -0.132. The largest absolute Gasteiger partial charge is 0.478 e. The molecule has 3 heteroatoms. The van der Waals surface area contributed by atoms with Crippen molar-refractivity contribution in [3.63, 3.8) is 0 Å². The van der Waals surface area contributed by atoms with Gasteiger partial charge in [0.2, 0.25) is 0 Å². The SMILES string of the molecule is CCC/C=C(/CC1CO1)C(=O)O. The van der Waals surface area contributed by atoms with Crippen molar-refractivity contribution in [2.45, 2.75) is 32.3 Å². The number of hydrogen-bond donors (Lipinski definition) is 1. The van der Waals surface area contributed by atoms with Crippen LogP contribution in [0.3, 0.4) is 0 Å². The number of epoxide rings is 1. The Hall–Kier alpha value is -0.830. The molecule has 0 spiro atoms. The zero-order chi connectivity index (χ0) is 8.97. The van der Waals surface area contributed by atoms with Crippen LogP contribution in [-0.2, 0) is 9.53 Å². The number of carboxylic acid groups (broad SMARTS) is 1. The fourth-order valence-corrected chi connectivity index (χ4v) is 1.01. The van der Waals surface area contributed by atoms with E-state index in [0.29, 0.717) is 12.0 Å². The van der Waals surface area contributed by atoms with Crippen molar-refractivity contribution in [3.8, 4) is 0 Å². The van der Waals surface area contributed by atoms with Gasteiger partial charge < -0.3 is 9.84 Å². The summed E-state index contributed by atoms with van der Waals surface area (Å²) in [5.74, 6) is -0.807. The van der Waals surface area contributed by atoms with Crippen molar-refractivity contribution >= 4 is 5.97 Å². The second-order valence-corrected chi connectivity index (χ2v) is 2.98. The van der Waals surface area contributed by atoms with Gasteiger partial charge >= 0.3 is 5.97 Å². The highest BCUT2D eigenvalue weighted by Crippen LogP contribution is 2.19. The van der Waals surface area contributed by atoms with Crippen molar-refractivity contribution < 1.29 is 14.6 Å². The maximum Gasteiger partial charge on any atom is 0.331 e. The third-order valence-corrected chi connectivity index (χ3v) is 1.80. The van der Waals surface area contributed by atoms with Gasteiger partial charge in [-0.3, -0.25) is 0 Å². The van der Waals surface area contributed by atoms with E-state index in [9.17, 15) is 4.79 Å². The van der Waals surface area contributed by atoms with Gasteiger partial charge in [-0.25, -0.2) is 4.79 Å². The molecule has 1 rings (SSSR count). The molecule has 3 nitrogen and oxygen atoms in total. The molecule has 0 aliphatic carbocycles. The van der Waals surface area contributed by atoms with E-state index in [4.69, 9.17) is 9.84 Å². The smallest absolute Gasteiger partial charge is 0.331 e. The average Bonchev–Trinajstić information content (AvgIpc) is 2.80. The second-order valence-electron chi connectivity index (χ2n) is 2.98. The number of aliphatic carboxylic acids is 1.